The molecule has 1 aromatic heterocycles. The highest BCUT2D eigenvalue weighted by Crippen LogP contribution is 2.23. The monoisotopic (exact) mass is 351 g/mol. The Bertz CT molecular complexity index is 925. The average Bonchev–Trinajstić information content (AvgIpc) is 3.06. The van der Waals surface area contributed by atoms with Crippen LogP contribution in [0.3, 0.4) is 0 Å². The summed E-state index contributed by atoms with van der Waals surface area (Å²) in [5.41, 5.74) is 3.02. The lowest BCUT2D eigenvalue weighted by Crippen LogP contribution is -2.31. The lowest BCUT2D eigenvalue weighted by atomic mass is 10.1. The number of furan rings is 1. The summed E-state index contributed by atoms with van der Waals surface area (Å²) in [7, 11) is 0. The number of ether oxygens (including phenoxy) is 1. The Morgan fingerprint density at radius 1 is 1.12 bits per heavy atom. The van der Waals surface area contributed by atoms with Crippen molar-refractivity contribution in [3.63, 3.8) is 0 Å². The van der Waals surface area contributed by atoms with Gasteiger partial charge in [-0.25, -0.2) is 4.79 Å². The second-order valence-electron chi connectivity index (χ2n) is 6.37. The van der Waals surface area contributed by atoms with Crippen molar-refractivity contribution in [3.05, 3.63) is 71.0 Å². The van der Waals surface area contributed by atoms with Crippen molar-refractivity contribution in [1.82, 2.24) is 5.32 Å². The fourth-order valence-electron chi connectivity index (χ4n) is 2.73. The molecule has 1 heterocycles. The Hall–Kier alpha value is -3.08. The number of amides is 1. The maximum atomic E-state index is 12.2. The van der Waals surface area contributed by atoms with E-state index in [1.807, 2.05) is 63.2 Å². The molecule has 1 amide bonds. The molecule has 3 aromatic rings. The minimum Gasteiger partial charge on any atom is -0.459 e. The zero-order valence-corrected chi connectivity index (χ0v) is 15.0. The molecule has 1 N–H and O–H groups in total. The first-order valence-corrected chi connectivity index (χ1v) is 8.46. The van der Waals surface area contributed by atoms with Gasteiger partial charge in [-0.2, -0.15) is 0 Å². The lowest BCUT2D eigenvalue weighted by molar-refractivity contribution is -0.125. The van der Waals surface area contributed by atoms with E-state index in [1.54, 1.807) is 6.07 Å². The molecule has 0 unspecified atom stereocenters. The highest BCUT2D eigenvalue weighted by molar-refractivity contribution is 5.93. The number of fused-ring (bicyclic) bond motifs is 1. The molecule has 5 heteroatoms. The number of hydrogen-bond donors (Lipinski definition) is 1. The number of benzene rings is 2. The van der Waals surface area contributed by atoms with Crippen molar-refractivity contribution in [2.45, 2.75) is 26.8 Å². The molecule has 5 nitrogen and oxygen atoms in total. The summed E-state index contributed by atoms with van der Waals surface area (Å²) in [5.74, 6) is -0.227. The third-order valence-electron chi connectivity index (χ3n) is 4.20. The number of esters is 1. The molecular weight excluding hydrogens is 330 g/mol. The predicted molar refractivity (Wildman–Crippen MR) is 99.0 cm³/mol. The van der Waals surface area contributed by atoms with Gasteiger partial charge in [-0.3, -0.25) is 4.79 Å². The molecule has 26 heavy (non-hydrogen) atoms. The Balaban J connectivity index is 1.58. The second kappa shape index (κ2) is 7.44. The van der Waals surface area contributed by atoms with E-state index in [0.29, 0.717) is 11.3 Å². The summed E-state index contributed by atoms with van der Waals surface area (Å²) in [4.78, 5) is 24.3. The number of aryl methyl sites for hydroxylation is 2. The van der Waals surface area contributed by atoms with E-state index in [0.717, 1.165) is 22.1 Å². The van der Waals surface area contributed by atoms with Crippen LogP contribution < -0.4 is 5.32 Å². The molecule has 0 fully saturated rings. The number of carbonyl (C=O) groups excluding carboxylic acids is 2. The molecule has 3 rings (SSSR count). The van der Waals surface area contributed by atoms with Crippen LogP contribution in [0.1, 0.15) is 40.2 Å². The highest BCUT2D eigenvalue weighted by Gasteiger charge is 2.17. The van der Waals surface area contributed by atoms with Crippen LogP contribution >= 0.6 is 0 Å². The maximum Gasteiger partial charge on any atom is 0.338 e. The Morgan fingerprint density at radius 3 is 2.65 bits per heavy atom. The van der Waals surface area contributed by atoms with E-state index >= 15 is 0 Å². The summed E-state index contributed by atoms with van der Waals surface area (Å²) < 4.78 is 10.9. The van der Waals surface area contributed by atoms with Crippen LogP contribution in [0.5, 0.6) is 0 Å². The van der Waals surface area contributed by atoms with Crippen LogP contribution in [0.4, 0.5) is 0 Å². The van der Waals surface area contributed by atoms with Crippen molar-refractivity contribution in [3.8, 4) is 0 Å². The molecule has 0 bridgehead atoms. The summed E-state index contributed by atoms with van der Waals surface area (Å²) in [6.07, 6.45) is 0. The van der Waals surface area contributed by atoms with Crippen LogP contribution in [0.2, 0.25) is 0 Å². The highest BCUT2D eigenvalue weighted by atomic mass is 16.5. The molecule has 0 spiro atoms. The Labute approximate surface area is 152 Å². The molecule has 1 atom stereocenters. The van der Waals surface area contributed by atoms with Crippen LogP contribution in [0, 0.1) is 13.8 Å². The zero-order valence-electron chi connectivity index (χ0n) is 15.0. The maximum absolute atomic E-state index is 12.2. The summed E-state index contributed by atoms with van der Waals surface area (Å²) in [5, 5.41) is 3.76. The minimum atomic E-state index is -0.502. The third-order valence-corrected chi connectivity index (χ3v) is 4.20. The summed E-state index contributed by atoms with van der Waals surface area (Å²) in [6.45, 7) is 5.22. The largest absolute Gasteiger partial charge is 0.459 e. The van der Waals surface area contributed by atoms with E-state index < -0.39 is 5.97 Å². The van der Waals surface area contributed by atoms with Gasteiger partial charge in [-0.1, -0.05) is 35.9 Å². The van der Waals surface area contributed by atoms with Gasteiger partial charge in [0.1, 0.15) is 11.3 Å². The molecule has 2 aromatic carbocycles. The quantitative estimate of drug-likeness (QED) is 0.703. The fraction of sp³-hybridized carbons (Fsp3) is 0.238. The number of carbonyl (C=O) groups is 2. The molecule has 134 valence electrons. The van der Waals surface area contributed by atoms with E-state index in [4.69, 9.17) is 9.15 Å². The van der Waals surface area contributed by atoms with E-state index in [2.05, 4.69) is 5.32 Å². The van der Waals surface area contributed by atoms with Crippen LogP contribution in [-0.2, 0) is 9.53 Å². The molecule has 0 saturated heterocycles. The first kappa shape index (κ1) is 17.7. The van der Waals surface area contributed by atoms with Crippen molar-refractivity contribution in [2.24, 2.45) is 0 Å². The smallest absolute Gasteiger partial charge is 0.338 e. The topological polar surface area (TPSA) is 68.5 Å². The third kappa shape index (κ3) is 3.94. The standard InChI is InChI=1S/C21H21NO4/c1-13-8-9-14(2)17(10-13)21(24)25-12-20(23)22-15(3)19-11-16-6-4-5-7-18(16)26-19/h4-11,15H,12H2,1-3H3,(H,22,23)/t15-/m0/s1. The van der Waals surface area contributed by atoms with Gasteiger partial charge in [0, 0.05) is 5.39 Å². The van der Waals surface area contributed by atoms with Gasteiger partial charge in [0.2, 0.25) is 0 Å². The van der Waals surface area contributed by atoms with Crippen LogP contribution in [-0.4, -0.2) is 18.5 Å². The van der Waals surface area contributed by atoms with Gasteiger partial charge in [0.05, 0.1) is 11.6 Å². The first-order chi connectivity index (χ1) is 12.4. The minimum absolute atomic E-state index is 0.325. The van der Waals surface area contributed by atoms with Crippen LogP contribution in [0.15, 0.2) is 52.9 Å². The molecule has 0 radical (unpaired) electrons. The van der Waals surface area contributed by atoms with Gasteiger partial charge < -0.3 is 14.5 Å². The number of para-hydroxylation sites is 1. The summed E-state index contributed by atoms with van der Waals surface area (Å²) >= 11 is 0. The van der Waals surface area contributed by atoms with Crippen molar-refractivity contribution in [2.75, 3.05) is 6.61 Å². The SMILES string of the molecule is Cc1ccc(C)c(C(=O)OCC(=O)N[C@@H](C)c2cc3ccccc3o2)c1. The van der Waals surface area contributed by atoms with Gasteiger partial charge >= 0.3 is 5.97 Å². The Morgan fingerprint density at radius 2 is 1.88 bits per heavy atom. The second-order valence-corrected chi connectivity index (χ2v) is 6.37. The van der Waals surface area contributed by atoms with Gasteiger partial charge in [-0.15, -0.1) is 0 Å². The van der Waals surface area contributed by atoms with Gasteiger partial charge in [-0.05, 0) is 44.5 Å². The number of nitrogens with one attached hydrogen (secondary N) is 1. The predicted octanol–water partition coefficient (Wildman–Crippen LogP) is 4.08. The van der Waals surface area contributed by atoms with Crippen LogP contribution in [0.25, 0.3) is 11.0 Å². The molecule has 0 aliphatic carbocycles. The number of hydrogen-bond acceptors (Lipinski definition) is 4. The van der Waals surface area contributed by atoms with Crippen molar-refractivity contribution in [1.29, 1.82) is 0 Å². The van der Waals surface area contributed by atoms with E-state index in [1.165, 1.54) is 0 Å². The Kier molecular flexibility index (Phi) is 5.07. The molecule has 0 saturated carbocycles. The summed E-state index contributed by atoms with van der Waals surface area (Å²) in [6, 6.07) is 14.7. The molecule has 0 aliphatic rings. The van der Waals surface area contributed by atoms with Gasteiger partial charge in [0.25, 0.3) is 5.91 Å². The average molecular weight is 351 g/mol. The van der Waals surface area contributed by atoms with E-state index in [9.17, 15) is 9.59 Å². The number of rotatable bonds is 5. The zero-order chi connectivity index (χ0) is 18.7. The lowest BCUT2D eigenvalue weighted by Gasteiger charge is -2.12. The van der Waals surface area contributed by atoms with Gasteiger partial charge in [0.15, 0.2) is 6.61 Å². The first-order valence-electron chi connectivity index (χ1n) is 8.46. The molecule has 0 aliphatic heterocycles. The fourth-order valence-corrected chi connectivity index (χ4v) is 2.73. The normalized spacial score (nSPS) is 12.0. The van der Waals surface area contributed by atoms with Crippen molar-refractivity contribution < 1.29 is 18.7 Å². The molecular formula is C21H21NO4. The van der Waals surface area contributed by atoms with E-state index in [-0.39, 0.29) is 18.6 Å². The van der Waals surface area contributed by atoms with Crippen molar-refractivity contribution >= 4 is 22.8 Å².